The maximum Gasteiger partial charge on any atom is 0.223 e. The highest BCUT2D eigenvalue weighted by Crippen LogP contribution is 2.47. The van der Waals surface area contributed by atoms with E-state index in [0.29, 0.717) is 5.92 Å². The van der Waals surface area contributed by atoms with Gasteiger partial charge in [0.1, 0.15) is 0 Å². The Morgan fingerprint density at radius 3 is 2.55 bits per heavy atom. The maximum atomic E-state index is 12.4. The van der Waals surface area contributed by atoms with Crippen molar-refractivity contribution in [3.05, 3.63) is 35.9 Å². The van der Waals surface area contributed by atoms with Gasteiger partial charge >= 0.3 is 0 Å². The van der Waals surface area contributed by atoms with E-state index in [9.17, 15) is 4.79 Å². The third-order valence-corrected chi connectivity index (χ3v) is 4.57. The van der Waals surface area contributed by atoms with Gasteiger partial charge in [-0.15, -0.1) is 0 Å². The van der Waals surface area contributed by atoms with E-state index in [2.05, 4.69) is 54.2 Å². The van der Waals surface area contributed by atoms with Crippen LogP contribution < -0.4 is 5.32 Å². The van der Waals surface area contributed by atoms with E-state index in [4.69, 9.17) is 0 Å². The van der Waals surface area contributed by atoms with Crippen LogP contribution in [-0.4, -0.2) is 17.3 Å². The van der Waals surface area contributed by atoms with E-state index in [1.165, 1.54) is 5.56 Å². The summed E-state index contributed by atoms with van der Waals surface area (Å²) in [4.78, 5) is 12.4. The van der Waals surface area contributed by atoms with Gasteiger partial charge in [-0.3, -0.25) is 4.79 Å². The molecule has 0 aromatic heterocycles. The molecule has 1 aliphatic rings. The highest BCUT2D eigenvalue weighted by Gasteiger charge is 2.44. The Balaban J connectivity index is 1.93. The number of benzene rings is 1. The van der Waals surface area contributed by atoms with Crippen LogP contribution in [0.25, 0.3) is 0 Å². The summed E-state index contributed by atoms with van der Waals surface area (Å²) in [5.74, 6) is 0.804. The number of carbonyl (C=O) groups is 1. The van der Waals surface area contributed by atoms with Crippen LogP contribution in [0.15, 0.2) is 30.3 Å². The molecule has 0 saturated heterocycles. The van der Waals surface area contributed by atoms with Crippen LogP contribution in [0, 0.1) is 11.3 Å². The van der Waals surface area contributed by atoms with Crippen molar-refractivity contribution in [1.29, 1.82) is 0 Å². The molecule has 2 rings (SSSR count). The summed E-state index contributed by atoms with van der Waals surface area (Å²) in [7, 11) is 0. The number of halogens is 1. The lowest BCUT2D eigenvalue weighted by Crippen LogP contribution is -2.44. The molecule has 3 unspecified atom stereocenters. The molecule has 3 heteroatoms. The fraction of sp³-hybridized carbons (Fsp3) is 0.588. The molecule has 1 aromatic carbocycles. The summed E-state index contributed by atoms with van der Waals surface area (Å²) < 4.78 is 0. The van der Waals surface area contributed by atoms with E-state index < -0.39 is 0 Å². The van der Waals surface area contributed by atoms with Crippen LogP contribution in [-0.2, 0) is 4.79 Å². The molecule has 0 heterocycles. The molecule has 110 valence electrons. The first-order valence-corrected chi connectivity index (χ1v) is 8.47. The Labute approximate surface area is 130 Å². The average molecular weight is 338 g/mol. The van der Waals surface area contributed by atoms with Crippen LogP contribution in [0.2, 0.25) is 0 Å². The summed E-state index contributed by atoms with van der Waals surface area (Å²) in [5, 5.41) is 4.17. The SMILES string of the molecule is CC(C)(C)C(CCBr)NC(=O)C1CC1c1ccccc1. The van der Waals surface area contributed by atoms with E-state index in [1.54, 1.807) is 0 Å². The first-order valence-electron chi connectivity index (χ1n) is 7.34. The third-order valence-electron chi connectivity index (χ3n) is 4.11. The molecule has 0 bridgehead atoms. The van der Waals surface area contributed by atoms with Crippen molar-refractivity contribution >= 4 is 21.8 Å². The minimum Gasteiger partial charge on any atom is -0.353 e. The smallest absolute Gasteiger partial charge is 0.223 e. The quantitative estimate of drug-likeness (QED) is 0.805. The highest BCUT2D eigenvalue weighted by atomic mass is 79.9. The van der Waals surface area contributed by atoms with Crippen LogP contribution in [0.4, 0.5) is 0 Å². The fourth-order valence-electron chi connectivity index (χ4n) is 2.66. The average Bonchev–Trinajstić information content (AvgIpc) is 3.18. The van der Waals surface area contributed by atoms with Gasteiger partial charge in [0, 0.05) is 17.3 Å². The molecule has 3 atom stereocenters. The number of carbonyl (C=O) groups excluding carboxylic acids is 1. The zero-order chi connectivity index (χ0) is 14.8. The Kier molecular flexibility index (Phi) is 4.90. The predicted octanol–water partition coefficient (Wildman–Crippen LogP) is 4.11. The van der Waals surface area contributed by atoms with Gasteiger partial charge in [-0.05, 0) is 29.7 Å². The summed E-state index contributed by atoms with van der Waals surface area (Å²) in [6.07, 6.45) is 1.96. The van der Waals surface area contributed by atoms with Gasteiger partial charge in [-0.2, -0.15) is 0 Å². The summed E-state index contributed by atoms with van der Waals surface area (Å²) in [6.45, 7) is 6.55. The number of nitrogens with one attached hydrogen (secondary N) is 1. The topological polar surface area (TPSA) is 29.1 Å². The largest absolute Gasteiger partial charge is 0.353 e. The molecule has 20 heavy (non-hydrogen) atoms. The van der Waals surface area contributed by atoms with E-state index in [1.807, 2.05) is 18.2 Å². The van der Waals surface area contributed by atoms with Crippen LogP contribution in [0.3, 0.4) is 0 Å². The Morgan fingerprint density at radius 2 is 2.00 bits per heavy atom. The van der Waals surface area contributed by atoms with Crippen LogP contribution in [0.5, 0.6) is 0 Å². The molecule has 0 spiro atoms. The van der Waals surface area contributed by atoms with Crippen molar-refractivity contribution in [1.82, 2.24) is 5.32 Å². The van der Waals surface area contributed by atoms with E-state index in [-0.39, 0.29) is 23.3 Å². The maximum absolute atomic E-state index is 12.4. The number of rotatable bonds is 5. The molecule has 1 N–H and O–H groups in total. The Hall–Kier alpha value is -0.830. The first-order chi connectivity index (χ1) is 9.43. The minimum absolute atomic E-state index is 0.0978. The second kappa shape index (κ2) is 6.30. The van der Waals surface area contributed by atoms with Gasteiger partial charge in [0.2, 0.25) is 5.91 Å². The second-order valence-corrected chi connectivity index (χ2v) is 7.56. The molecule has 1 saturated carbocycles. The highest BCUT2D eigenvalue weighted by molar-refractivity contribution is 9.09. The summed E-state index contributed by atoms with van der Waals surface area (Å²) in [5.41, 5.74) is 1.39. The predicted molar refractivity (Wildman–Crippen MR) is 87.1 cm³/mol. The lowest BCUT2D eigenvalue weighted by atomic mass is 9.85. The molecular weight excluding hydrogens is 314 g/mol. The molecular formula is C17H24BrNO. The lowest BCUT2D eigenvalue weighted by molar-refractivity contribution is -0.123. The molecule has 1 fully saturated rings. The van der Waals surface area contributed by atoms with Gasteiger partial charge in [-0.25, -0.2) is 0 Å². The fourth-order valence-corrected chi connectivity index (χ4v) is 3.12. The molecule has 0 radical (unpaired) electrons. The van der Waals surface area contributed by atoms with E-state index >= 15 is 0 Å². The van der Waals surface area contributed by atoms with Gasteiger partial charge in [-0.1, -0.05) is 67.0 Å². The van der Waals surface area contributed by atoms with E-state index in [0.717, 1.165) is 18.2 Å². The zero-order valence-electron chi connectivity index (χ0n) is 12.5. The minimum atomic E-state index is 0.0978. The molecule has 1 aromatic rings. The monoisotopic (exact) mass is 337 g/mol. The third kappa shape index (κ3) is 3.85. The van der Waals surface area contributed by atoms with Crippen molar-refractivity contribution in [2.45, 2.75) is 45.6 Å². The number of alkyl halides is 1. The molecule has 1 aliphatic carbocycles. The van der Waals surface area contributed by atoms with Crippen LogP contribution in [0.1, 0.15) is 45.1 Å². The van der Waals surface area contributed by atoms with Gasteiger partial charge < -0.3 is 5.32 Å². The first kappa shape index (κ1) is 15.6. The standard InChI is InChI=1S/C17H24BrNO/c1-17(2,3)15(9-10-18)19-16(20)14-11-13(14)12-7-5-4-6-8-12/h4-8,13-15H,9-11H2,1-3H3,(H,19,20). The summed E-state index contributed by atoms with van der Waals surface area (Å²) in [6, 6.07) is 10.6. The van der Waals surface area contributed by atoms with Crippen molar-refractivity contribution in [2.24, 2.45) is 11.3 Å². The van der Waals surface area contributed by atoms with Gasteiger partial charge in [0.25, 0.3) is 0 Å². The number of hydrogen-bond acceptors (Lipinski definition) is 1. The summed E-state index contributed by atoms with van der Waals surface area (Å²) >= 11 is 3.48. The Morgan fingerprint density at radius 1 is 1.35 bits per heavy atom. The number of amides is 1. The zero-order valence-corrected chi connectivity index (χ0v) is 14.1. The second-order valence-electron chi connectivity index (χ2n) is 6.76. The van der Waals surface area contributed by atoms with Crippen molar-refractivity contribution in [3.8, 4) is 0 Å². The van der Waals surface area contributed by atoms with Crippen LogP contribution >= 0.6 is 15.9 Å². The molecule has 0 aliphatic heterocycles. The molecule has 1 amide bonds. The van der Waals surface area contributed by atoms with Gasteiger partial charge in [0.15, 0.2) is 0 Å². The van der Waals surface area contributed by atoms with Crippen molar-refractivity contribution in [3.63, 3.8) is 0 Å². The number of hydrogen-bond donors (Lipinski definition) is 1. The lowest BCUT2D eigenvalue weighted by Gasteiger charge is -2.31. The Bertz CT molecular complexity index is 452. The van der Waals surface area contributed by atoms with Crippen molar-refractivity contribution < 1.29 is 4.79 Å². The van der Waals surface area contributed by atoms with Crippen molar-refractivity contribution in [2.75, 3.05) is 5.33 Å². The normalized spacial score (nSPS) is 23.2. The molecule has 2 nitrogen and oxygen atoms in total. The van der Waals surface area contributed by atoms with Gasteiger partial charge in [0.05, 0.1) is 0 Å².